The van der Waals surface area contributed by atoms with Gasteiger partial charge in [0.1, 0.15) is 0 Å². The molecule has 0 spiro atoms. The zero-order valence-corrected chi connectivity index (χ0v) is 15.5. The number of carbonyl (C=O) groups is 2. The summed E-state index contributed by atoms with van der Waals surface area (Å²) >= 11 is 1.33. The fourth-order valence-corrected chi connectivity index (χ4v) is 3.65. The zero-order valence-electron chi connectivity index (χ0n) is 14.7. The summed E-state index contributed by atoms with van der Waals surface area (Å²) in [4.78, 5) is 28.0. The van der Waals surface area contributed by atoms with Gasteiger partial charge in [0.2, 0.25) is 5.16 Å². The van der Waals surface area contributed by atoms with E-state index in [1.807, 2.05) is 6.92 Å². The lowest BCUT2D eigenvalue weighted by atomic mass is 10.1. The van der Waals surface area contributed by atoms with E-state index in [4.69, 9.17) is 4.74 Å². The van der Waals surface area contributed by atoms with Crippen molar-refractivity contribution in [1.82, 2.24) is 25.2 Å². The molecular formula is C16H21N5O3S. The monoisotopic (exact) mass is 363 g/mol. The molecule has 1 aliphatic rings. The van der Waals surface area contributed by atoms with E-state index >= 15 is 0 Å². The van der Waals surface area contributed by atoms with Crippen LogP contribution in [-0.2, 0) is 4.74 Å². The standard InChI is InChI=1S/C16H21N5O3S/c1-5-24-15(23)12-8(2)13(17-9(12)3)14(22)10(4)25-16-18-19-20-21(16)11-6-7-11/h10-11,17H,5-7H2,1-4H3/t10-/m0/s1. The first-order chi connectivity index (χ1) is 11.9. The molecule has 2 aromatic heterocycles. The van der Waals surface area contributed by atoms with Crippen molar-refractivity contribution >= 4 is 23.5 Å². The van der Waals surface area contributed by atoms with Gasteiger partial charge < -0.3 is 9.72 Å². The van der Waals surface area contributed by atoms with Gasteiger partial charge in [-0.3, -0.25) is 4.79 Å². The highest BCUT2D eigenvalue weighted by molar-refractivity contribution is 8.00. The second-order valence-corrected chi connectivity index (χ2v) is 7.41. The average molecular weight is 363 g/mol. The predicted molar refractivity (Wildman–Crippen MR) is 92.0 cm³/mol. The maximum absolute atomic E-state index is 12.9. The van der Waals surface area contributed by atoms with E-state index in [2.05, 4.69) is 20.5 Å². The van der Waals surface area contributed by atoms with Crippen LogP contribution in [0.2, 0.25) is 0 Å². The zero-order chi connectivity index (χ0) is 18.1. The van der Waals surface area contributed by atoms with Gasteiger partial charge in [0, 0.05) is 5.69 Å². The number of aromatic nitrogens is 5. The molecule has 0 bridgehead atoms. The highest BCUT2D eigenvalue weighted by Gasteiger charge is 2.31. The maximum atomic E-state index is 12.9. The minimum atomic E-state index is -0.411. The summed E-state index contributed by atoms with van der Waals surface area (Å²) in [6.45, 7) is 7.39. The molecule has 1 atom stereocenters. The largest absolute Gasteiger partial charge is 0.462 e. The van der Waals surface area contributed by atoms with Crippen molar-refractivity contribution < 1.29 is 14.3 Å². The van der Waals surface area contributed by atoms with E-state index in [1.54, 1.807) is 25.5 Å². The van der Waals surface area contributed by atoms with Gasteiger partial charge in [-0.25, -0.2) is 9.48 Å². The third kappa shape index (κ3) is 3.46. The number of nitrogens with one attached hydrogen (secondary N) is 1. The summed E-state index contributed by atoms with van der Waals surface area (Å²) in [7, 11) is 0. The fraction of sp³-hybridized carbons (Fsp3) is 0.562. The van der Waals surface area contributed by atoms with Crippen LogP contribution in [0.1, 0.15) is 64.8 Å². The molecule has 0 radical (unpaired) electrons. The van der Waals surface area contributed by atoms with Crippen LogP contribution in [0.25, 0.3) is 0 Å². The van der Waals surface area contributed by atoms with Gasteiger partial charge in [-0.15, -0.1) is 5.10 Å². The molecular weight excluding hydrogens is 342 g/mol. The number of Topliss-reactive ketones (excluding diaryl/α,β-unsaturated/α-hetero) is 1. The van der Waals surface area contributed by atoms with Crippen LogP contribution in [0, 0.1) is 13.8 Å². The molecule has 0 saturated heterocycles. The number of rotatable bonds is 7. The lowest BCUT2D eigenvalue weighted by Gasteiger charge is -2.09. The Labute approximate surface area is 149 Å². The Balaban J connectivity index is 1.79. The summed E-state index contributed by atoms with van der Waals surface area (Å²) in [5.74, 6) is -0.503. The number of ether oxygens (including phenoxy) is 1. The van der Waals surface area contributed by atoms with Crippen LogP contribution in [0.15, 0.2) is 5.16 Å². The Morgan fingerprint density at radius 1 is 1.40 bits per heavy atom. The number of aromatic amines is 1. The molecule has 2 aromatic rings. The predicted octanol–water partition coefficient (Wildman–Crippen LogP) is 2.49. The normalized spacial score (nSPS) is 15.2. The van der Waals surface area contributed by atoms with Crippen LogP contribution >= 0.6 is 11.8 Å². The summed E-state index contributed by atoms with van der Waals surface area (Å²) in [6, 6.07) is 0.352. The molecule has 1 saturated carbocycles. The summed E-state index contributed by atoms with van der Waals surface area (Å²) in [5, 5.41) is 12.0. The van der Waals surface area contributed by atoms with Gasteiger partial charge in [-0.2, -0.15) is 0 Å². The minimum absolute atomic E-state index is 0.0912. The first kappa shape index (κ1) is 17.7. The SMILES string of the molecule is CCOC(=O)c1c(C)[nH]c(C(=O)[C@H](C)Sc2nnnn2C2CC2)c1C. The van der Waals surface area contributed by atoms with Crippen molar-refractivity contribution in [2.24, 2.45) is 0 Å². The van der Waals surface area contributed by atoms with E-state index in [0.717, 1.165) is 12.8 Å². The van der Waals surface area contributed by atoms with Gasteiger partial charge in [0.05, 0.1) is 29.2 Å². The van der Waals surface area contributed by atoms with E-state index in [1.165, 1.54) is 11.8 Å². The van der Waals surface area contributed by atoms with E-state index in [-0.39, 0.29) is 11.0 Å². The third-order valence-electron chi connectivity index (χ3n) is 4.17. The Morgan fingerprint density at radius 2 is 2.12 bits per heavy atom. The van der Waals surface area contributed by atoms with Crippen LogP contribution in [-0.4, -0.2) is 48.8 Å². The Hall–Kier alpha value is -2.16. The number of hydrogen-bond donors (Lipinski definition) is 1. The molecule has 1 N–H and O–H groups in total. The first-order valence-electron chi connectivity index (χ1n) is 8.29. The molecule has 25 heavy (non-hydrogen) atoms. The fourth-order valence-electron chi connectivity index (χ4n) is 2.73. The van der Waals surface area contributed by atoms with Gasteiger partial charge in [0.15, 0.2) is 5.78 Å². The van der Waals surface area contributed by atoms with Crippen molar-refractivity contribution in [2.75, 3.05) is 6.61 Å². The van der Waals surface area contributed by atoms with E-state index < -0.39 is 5.97 Å². The number of ketones is 1. The van der Waals surface area contributed by atoms with E-state index in [0.29, 0.717) is 40.3 Å². The molecule has 0 aliphatic heterocycles. The number of aryl methyl sites for hydroxylation is 1. The topological polar surface area (TPSA) is 103 Å². The number of carbonyl (C=O) groups excluding carboxylic acids is 2. The number of esters is 1. The molecule has 0 unspecified atom stereocenters. The average Bonchev–Trinajstić information content (AvgIpc) is 3.23. The highest BCUT2D eigenvalue weighted by atomic mass is 32.2. The highest BCUT2D eigenvalue weighted by Crippen LogP contribution is 2.37. The number of nitrogens with zero attached hydrogens (tertiary/aromatic N) is 4. The van der Waals surface area contributed by atoms with E-state index in [9.17, 15) is 9.59 Å². The third-order valence-corrected chi connectivity index (χ3v) is 5.22. The quantitative estimate of drug-likeness (QED) is 0.458. The molecule has 134 valence electrons. The smallest absolute Gasteiger partial charge is 0.340 e. The van der Waals surface area contributed by atoms with Gasteiger partial charge >= 0.3 is 5.97 Å². The van der Waals surface area contributed by atoms with Crippen LogP contribution in [0.5, 0.6) is 0 Å². The van der Waals surface area contributed by atoms with Crippen LogP contribution < -0.4 is 0 Å². The van der Waals surface area contributed by atoms with Crippen molar-refractivity contribution in [3.8, 4) is 0 Å². The Kier molecular flexibility index (Phi) is 4.94. The lowest BCUT2D eigenvalue weighted by molar-refractivity contribution is 0.0525. The number of hydrogen-bond acceptors (Lipinski definition) is 7. The van der Waals surface area contributed by atoms with Crippen molar-refractivity contribution in [1.29, 1.82) is 0 Å². The Morgan fingerprint density at radius 3 is 2.76 bits per heavy atom. The minimum Gasteiger partial charge on any atom is -0.462 e. The lowest BCUT2D eigenvalue weighted by Crippen LogP contribution is -2.16. The number of thioether (sulfide) groups is 1. The Bertz CT molecular complexity index is 809. The molecule has 3 rings (SSSR count). The van der Waals surface area contributed by atoms with Crippen LogP contribution in [0.3, 0.4) is 0 Å². The van der Waals surface area contributed by atoms with Crippen molar-refractivity contribution in [2.45, 2.75) is 57.0 Å². The first-order valence-corrected chi connectivity index (χ1v) is 9.17. The molecule has 1 fully saturated rings. The molecule has 1 aliphatic carbocycles. The van der Waals surface area contributed by atoms with Gasteiger partial charge in [-0.1, -0.05) is 11.8 Å². The maximum Gasteiger partial charge on any atom is 0.340 e. The molecule has 2 heterocycles. The molecule has 0 aromatic carbocycles. The summed E-state index contributed by atoms with van der Waals surface area (Å²) in [6.07, 6.45) is 2.14. The summed E-state index contributed by atoms with van der Waals surface area (Å²) < 4.78 is 6.86. The number of tetrazole rings is 1. The van der Waals surface area contributed by atoms with Gasteiger partial charge in [0.25, 0.3) is 0 Å². The molecule has 8 nitrogen and oxygen atoms in total. The number of H-pyrrole nitrogens is 1. The molecule has 0 amide bonds. The second kappa shape index (κ2) is 6.99. The van der Waals surface area contributed by atoms with Crippen molar-refractivity contribution in [3.05, 3.63) is 22.5 Å². The second-order valence-electron chi connectivity index (χ2n) is 6.11. The summed E-state index contributed by atoms with van der Waals surface area (Å²) in [5.41, 5.74) is 2.13. The van der Waals surface area contributed by atoms with Crippen molar-refractivity contribution in [3.63, 3.8) is 0 Å². The van der Waals surface area contributed by atoms with Crippen LogP contribution in [0.4, 0.5) is 0 Å². The molecule has 9 heteroatoms. The van der Waals surface area contributed by atoms with Gasteiger partial charge in [-0.05, 0) is 56.5 Å².